The number of fused-ring (bicyclic) bond motifs is 7. The van der Waals surface area contributed by atoms with Crippen molar-refractivity contribution in [1.82, 2.24) is 19.5 Å². The minimum absolute atomic E-state index is 0.568. The molecule has 0 aliphatic heterocycles. The highest BCUT2D eigenvalue weighted by atomic mass is 32.1. The minimum atomic E-state index is 0.568. The zero-order chi connectivity index (χ0) is 43.6. The Labute approximate surface area is 385 Å². The summed E-state index contributed by atoms with van der Waals surface area (Å²) in [6, 6.07) is 82.3. The Morgan fingerprint density at radius 1 is 0.273 bits per heavy atom. The summed E-state index contributed by atoms with van der Waals surface area (Å²) in [6.45, 7) is 0. The number of aromatic nitrogens is 4. The van der Waals surface area contributed by atoms with Crippen LogP contribution in [-0.2, 0) is 0 Å². The molecule has 66 heavy (non-hydrogen) atoms. The molecule has 0 fully saturated rings. The molecule has 0 atom stereocenters. The molecule has 308 valence electrons. The van der Waals surface area contributed by atoms with Crippen molar-refractivity contribution in [2.75, 3.05) is 0 Å². The number of hydrogen-bond acceptors (Lipinski definition) is 4. The number of para-hydroxylation sites is 1. The third-order valence-corrected chi connectivity index (χ3v) is 14.1. The highest BCUT2D eigenvalue weighted by molar-refractivity contribution is 7.25. The average molecular weight is 859 g/mol. The van der Waals surface area contributed by atoms with Gasteiger partial charge in [0.25, 0.3) is 0 Å². The highest BCUT2D eigenvalue weighted by Crippen LogP contribution is 2.41. The maximum Gasteiger partial charge on any atom is 0.238 e. The second kappa shape index (κ2) is 15.6. The van der Waals surface area contributed by atoms with Gasteiger partial charge in [-0.15, -0.1) is 11.3 Å². The number of hydrogen-bond donors (Lipinski definition) is 0. The number of thiophene rings is 1. The van der Waals surface area contributed by atoms with Crippen molar-refractivity contribution in [2.45, 2.75) is 0 Å². The normalized spacial score (nSPS) is 11.6. The lowest BCUT2D eigenvalue weighted by Crippen LogP contribution is -2.06. The van der Waals surface area contributed by atoms with E-state index in [-0.39, 0.29) is 0 Å². The van der Waals surface area contributed by atoms with Gasteiger partial charge in [0, 0.05) is 42.1 Å². The summed E-state index contributed by atoms with van der Waals surface area (Å²) in [7, 11) is 0. The van der Waals surface area contributed by atoms with Crippen molar-refractivity contribution in [3.8, 4) is 73.2 Å². The minimum Gasteiger partial charge on any atom is -0.278 e. The summed E-state index contributed by atoms with van der Waals surface area (Å²) >= 11 is 1.86. The van der Waals surface area contributed by atoms with Crippen LogP contribution >= 0.6 is 11.3 Å². The molecule has 0 N–H and O–H groups in total. The van der Waals surface area contributed by atoms with Gasteiger partial charge in [-0.25, -0.2) is 4.98 Å². The van der Waals surface area contributed by atoms with Crippen LogP contribution in [0.2, 0.25) is 0 Å². The summed E-state index contributed by atoms with van der Waals surface area (Å²) in [5.41, 5.74) is 13.3. The molecule has 0 radical (unpaired) electrons. The Bertz CT molecular complexity index is 3860. The smallest absolute Gasteiger partial charge is 0.238 e. The molecule has 3 heterocycles. The molecule has 3 aromatic heterocycles. The Morgan fingerprint density at radius 3 is 1.33 bits per heavy atom. The van der Waals surface area contributed by atoms with Crippen molar-refractivity contribution < 1.29 is 0 Å². The first-order chi connectivity index (χ1) is 32.7. The van der Waals surface area contributed by atoms with E-state index in [2.05, 4.69) is 223 Å². The van der Waals surface area contributed by atoms with Gasteiger partial charge in [0.15, 0.2) is 11.6 Å². The first-order valence-corrected chi connectivity index (χ1v) is 23.1. The summed E-state index contributed by atoms with van der Waals surface area (Å²) in [4.78, 5) is 15.7. The van der Waals surface area contributed by atoms with E-state index in [9.17, 15) is 0 Å². The molecule has 4 nitrogen and oxygen atoms in total. The molecule has 0 aliphatic carbocycles. The highest BCUT2D eigenvalue weighted by Gasteiger charge is 2.20. The Balaban J connectivity index is 0.950. The van der Waals surface area contributed by atoms with Crippen molar-refractivity contribution in [3.63, 3.8) is 0 Å². The van der Waals surface area contributed by atoms with E-state index in [1.807, 2.05) is 23.5 Å². The molecule has 0 saturated carbocycles. The fourth-order valence-corrected chi connectivity index (χ4v) is 10.8. The van der Waals surface area contributed by atoms with Gasteiger partial charge >= 0.3 is 0 Å². The molecule has 0 amide bonds. The average Bonchev–Trinajstić information content (AvgIpc) is 3.94. The van der Waals surface area contributed by atoms with Crippen LogP contribution in [0.1, 0.15) is 0 Å². The molecule has 0 saturated heterocycles. The van der Waals surface area contributed by atoms with Crippen LogP contribution in [0, 0.1) is 0 Å². The van der Waals surface area contributed by atoms with Crippen LogP contribution in [0.4, 0.5) is 0 Å². The van der Waals surface area contributed by atoms with Gasteiger partial charge in [0.05, 0.1) is 11.0 Å². The predicted octanol–water partition coefficient (Wildman–Crippen LogP) is 16.5. The van der Waals surface area contributed by atoms with Crippen LogP contribution < -0.4 is 0 Å². The van der Waals surface area contributed by atoms with Crippen LogP contribution in [0.3, 0.4) is 0 Å². The van der Waals surface area contributed by atoms with Crippen LogP contribution in [0.5, 0.6) is 0 Å². The summed E-state index contributed by atoms with van der Waals surface area (Å²) in [5, 5.41) is 7.34. The largest absolute Gasteiger partial charge is 0.278 e. The van der Waals surface area contributed by atoms with Gasteiger partial charge in [-0.1, -0.05) is 194 Å². The fraction of sp³-hybridized carbons (Fsp3) is 0. The second-order valence-electron chi connectivity index (χ2n) is 16.8. The van der Waals surface area contributed by atoms with Gasteiger partial charge in [-0.3, -0.25) is 4.57 Å². The number of benzene rings is 10. The van der Waals surface area contributed by atoms with Crippen molar-refractivity contribution in [3.05, 3.63) is 231 Å². The van der Waals surface area contributed by atoms with Crippen LogP contribution in [-0.4, -0.2) is 19.5 Å². The number of nitrogens with zero attached hydrogens (tertiary/aromatic N) is 4. The van der Waals surface area contributed by atoms with E-state index in [0.717, 1.165) is 60.8 Å². The fourth-order valence-electron chi connectivity index (χ4n) is 9.67. The Morgan fingerprint density at radius 2 is 0.712 bits per heavy atom. The standard InChI is InChI=1S/C61H38N4S/c1-3-13-39(14-4-1)41-25-29-43(30-26-41)59-62-60(44-31-27-42(28-32-44)40-15-5-2-6-16-40)64-61(63-59)65-55-23-9-7-17-51(55)53-37-45(33-35-56(53)65)47-19-11-22-50-48(20-12-21-49(47)50)46-34-36-58-54(38-46)52-18-8-10-24-57(52)66-58/h1-38H. The molecular formula is C61H38N4S. The zero-order valence-electron chi connectivity index (χ0n) is 35.6. The Hall–Kier alpha value is -8.51. The SMILES string of the molecule is c1ccc(-c2ccc(-c3nc(-c4ccc(-c5ccccc5)cc4)nc(-n4c5ccccc5c5cc(-c6cccc7c(-c8ccc9sc%10ccccc%10c9c8)cccc67)ccc54)n3)cc2)cc1. The lowest BCUT2D eigenvalue weighted by atomic mass is 9.92. The molecule has 0 unspecified atom stereocenters. The van der Waals surface area contributed by atoms with E-state index in [1.165, 1.54) is 47.6 Å². The van der Waals surface area contributed by atoms with Gasteiger partial charge in [0.2, 0.25) is 5.95 Å². The van der Waals surface area contributed by atoms with E-state index in [1.54, 1.807) is 0 Å². The molecule has 0 bridgehead atoms. The third-order valence-electron chi connectivity index (χ3n) is 12.9. The maximum atomic E-state index is 5.27. The van der Waals surface area contributed by atoms with E-state index >= 15 is 0 Å². The van der Waals surface area contributed by atoms with Gasteiger partial charge in [0.1, 0.15) is 0 Å². The molecule has 13 aromatic rings. The first-order valence-electron chi connectivity index (χ1n) is 22.3. The topological polar surface area (TPSA) is 43.6 Å². The molecule has 10 aromatic carbocycles. The number of rotatable bonds is 7. The molecule has 13 rings (SSSR count). The van der Waals surface area contributed by atoms with Crippen molar-refractivity contribution >= 4 is 64.1 Å². The molecule has 0 aliphatic rings. The Kier molecular flexibility index (Phi) is 9.00. The van der Waals surface area contributed by atoms with E-state index in [0.29, 0.717) is 17.6 Å². The lowest BCUT2D eigenvalue weighted by Gasteiger charge is -2.13. The molecule has 5 heteroatoms. The lowest BCUT2D eigenvalue weighted by molar-refractivity contribution is 0.953. The molecule has 0 spiro atoms. The van der Waals surface area contributed by atoms with Crippen LogP contribution in [0.25, 0.3) is 126 Å². The van der Waals surface area contributed by atoms with Crippen molar-refractivity contribution in [2.24, 2.45) is 0 Å². The van der Waals surface area contributed by atoms with Crippen LogP contribution in [0.15, 0.2) is 231 Å². The summed E-state index contributed by atoms with van der Waals surface area (Å²) in [6.07, 6.45) is 0. The van der Waals surface area contributed by atoms with Gasteiger partial charge in [-0.05, 0) is 91.7 Å². The van der Waals surface area contributed by atoms with Crippen molar-refractivity contribution in [1.29, 1.82) is 0 Å². The first kappa shape index (κ1) is 38.0. The maximum absolute atomic E-state index is 5.27. The second-order valence-corrected chi connectivity index (χ2v) is 17.9. The monoisotopic (exact) mass is 858 g/mol. The zero-order valence-corrected chi connectivity index (χ0v) is 36.5. The molecular weight excluding hydrogens is 821 g/mol. The van der Waals surface area contributed by atoms with E-state index < -0.39 is 0 Å². The predicted molar refractivity (Wildman–Crippen MR) is 277 cm³/mol. The summed E-state index contributed by atoms with van der Waals surface area (Å²) < 4.78 is 4.83. The summed E-state index contributed by atoms with van der Waals surface area (Å²) in [5.74, 6) is 1.79. The van der Waals surface area contributed by atoms with Gasteiger partial charge < -0.3 is 0 Å². The van der Waals surface area contributed by atoms with Gasteiger partial charge in [-0.2, -0.15) is 9.97 Å². The third kappa shape index (κ3) is 6.48. The van der Waals surface area contributed by atoms with E-state index in [4.69, 9.17) is 15.0 Å². The quantitative estimate of drug-likeness (QED) is 0.160.